The summed E-state index contributed by atoms with van der Waals surface area (Å²) in [5, 5.41) is 10.6. The molecule has 0 unspecified atom stereocenters. The Morgan fingerprint density at radius 3 is 2.59 bits per heavy atom. The quantitative estimate of drug-likeness (QED) is 0.669. The van der Waals surface area contributed by atoms with E-state index in [9.17, 15) is 9.50 Å². The van der Waals surface area contributed by atoms with E-state index in [1.165, 1.54) is 12.1 Å². The van der Waals surface area contributed by atoms with Gasteiger partial charge in [-0.15, -0.1) is 0 Å². The highest BCUT2D eigenvalue weighted by Gasteiger charge is 2.16. The van der Waals surface area contributed by atoms with Crippen LogP contribution in [-0.4, -0.2) is 46.9 Å². The number of aromatic nitrogens is 1. The van der Waals surface area contributed by atoms with Crippen LogP contribution in [-0.2, 0) is 0 Å². The molecule has 142 valence electrons. The van der Waals surface area contributed by atoms with E-state index in [1.54, 1.807) is 12.1 Å². The molecule has 0 aliphatic carbocycles. The van der Waals surface area contributed by atoms with Crippen molar-refractivity contribution >= 4 is 10.9 Å². The normalized spacial score (nSPS) is 16.1. The second kappa shape index (κ2) is 8.11. The first-order valence-electron chi connectivity index (χ1n) is 9.59. The summed E-state index contributed by atoms with van der Waals surface area (Å²) in [6, 6.07) is 14.6. The number of nitrogens with zero attached hydrogens (tertiary/aromatic N) is 2. The third-order valence-electron chi connectivity index (χ3n) is 5.21. The Morgan fingerprint density at radius 2 is 1.81 bits per heavy atom. The Hall–Kier alpha value is -2.37. The molecule has 5 heteroatoms. The first kappa shape index (κ1) is 18.0. The first-order chi connectivity index (χ1) is 13.2. The summed E-state index contributed by atoms with van der Waals surface area (Å²) in [5.74, 6) is 0.639. The number of piperidine rings is 1. The van der Waals surface area contributed by atoms with E-state index in [1.807, 2.05) is 35.0 Å². The Morgan fingerprint density at radius 1 is 1.04 bits per heavy atom. The van der Waals surface area contributed by atoms with Gasteiger partial charge in [-0.25, -0.2) is 4.39 Å². The number of halogens is 1. The molecule has 1 N–H and O–H groups in total. The molecule has 1 saturated heterocycles. The molecule has 1 aliphatic rings. The van der Waals surface area contributed by atoms with Gasteiger partial charge in [0, 0.05) is 36.9 Å². The third kappa shape index (κ3) is 4.31. The molecule has 27 heavy (non-hydrogen) atoms. The van der Waals surface area contributed by atoms with E-state index in [0.29, 0.717) is 6.61 Å². The fraction of sp³-hybridized carbons (Fsp3) is 0.364. The molecular weight excluding hydrogens is 343 g/mol. The van der Waals surface area contributed by atoms with Gasteiger partial charge in [0.25, 0.3) is 0 Å². The van der Waals surface area contributed by atoms with E-state index in [0.717, 1.165) is 61.2 Å². The Kier molecular flexibility index (Phi) is 5.41. The van der Waals surface area contributed by atoms with E-state index in [2.05, 4.69) is 4.90 Å². The van der Waals surface area contributed by atoms with Crippen molar-refractivity contribution in [3.63, 3.8) is 0 Å². The summed E-state index contributed by atoms with van der Waals surface area (Å²) < 4.78 is 21.1. The zero-order chi connectivity index (χ0) is 18.6. The molecule has 0 atom stereocenters. The average molecular weight is 368 g/mol. The highest BCUT2D eigenvalue weighted by molar-refractivity contribution is 5.83. The molecule has 2 heterocycles. The molecule has 1 aliphatic heterocycles. The van der Waals surface area contributed by atoms with Crippen LogP contribution >= 0.6 is 0 Å². The summed E-state index contributed by atoms with van der Waals surface area (Å²) in [6.07, 6.45) is 4.61. The van der Waals surface area contributed by atoms with E-state index < -0.39 is 0 Å². The smallest absolute Gasteiger partial charge is 0.123 e. The Balaban J connectivity index is 1.34. The van der Waals surface area contributed by atoms with Crippen LogP contribution in [0.5, 0.6) is 5.75 Å². The van der Waals surface area contributed by atoms with E-state index in [-0.39, 0.29) is 11.9 Å². The van der Waals surface area contributed by atoms with Crippen molar-refractivity contribution in [1.29, 1.82) is 0 Å². The highest BCUT2D eigenvalue weighted by atomic mass is 19.1. The average Bonchev–Trinajstić information content (AvgIpc) is 3.10. The van der Waals surface area contributed by atoms with Gasteiger partial charge < -0.3 is 19.3 Å². The maximum Gasteiger partial charge on any atom is 0.123 e. The number of hydrogen-bond acceptors (Lipinski definition) is 3. The topological polar surface area (TPSA) is 37.6 Å². The van der Waals surface area contributed by atoms with Gasteiger partial charge in [0.05, 0.1) is 18.2 Å². The second-order valence-electron chi connectivity index (χ2n) is 7.16. The minimum absolute atomic E-state index is 0.119. The van der Waals surface area contributed by atoms with Gasteiger partial charge in [-0.05, 0) is 67.8 Å². The summed E-state index contributed by atoms with van der Waals surface area (Å²) >= 11 is 0. The van der Waals surface area contributed by atoms with Crippen molar-refractivity contribution in [3.05, 3.63) is 60.5 Å². The molecule has 0 amide bonds. The molecule has 0 radical (unpaired) electrons. The van der Waals surface area contributed by atoms with Crippen LogP contribution in [0.3, 0.4) is 0 Å². The number of likely N-dealkylation sites (tertiary alicyclic amines) is 1. The number of aliphatic hydroxyl groups excluding tert-OH is 1. The predicted octanol–water partition coefficient (Wildman–Crippen LogP) is 4.00. The molecule has 0 bridgehead atoms. The van der Waals surface area contributed by atoms with Crippen LogP contribution in [0.4, 0.5) is 4.39 Å². The van der Waals surface area contributed by atoms with Gasteiger partial charge in [0.2, 0.25) is 0 Å². The van der Waals surface area contributed by atoms with Crippen LogP contribution < -0.4 is 4.74 Å². The van der Waals surface area contributed by atoms with Gasteiger partial charge in [-0.2, -0.15) is 0 Å². The fourth-order valence-electron chi connectivity index (χ4n) is 3.66. The van der Waals surface area contributed by atoms with E-state index in [4.69, 9.17) is 4.74 Å². The maximum absolute atomic E-state index is 13.1. The summed E-state index contributed by atoms with van der Waals surface area (Å²) in [4.78, 5) is 2.39. The number of fused-ring (bicyclic) bond motifs is 1. The van der Waals surface area contributed by atoms with Crippen molar-refractivity contribution in [1.82, 2.24) is 9.47 Å². The van der Waals surface area contributed by atoms with Crippen LogP contribution in [0, 0.1) is 5.82 Å². The minimum Gasteiger partial charge on any atom is -0.494 e. The Labute approximate surface area is 158 Å². The van der Waals surface area contributed by atoms with E-state index >= 15 is 0 Å². The summed E-state index contributed by atoms with van der Waals surface area (Å²) in [6.45, 7) is 3.65. The Bertz CT molecular complexity index is 883. The molecule has 1 fully saturated rings. The molecule has 0 saturated carbocycles. The largest absolute Gasteiger partial charge is 0.494 e. The maximum atomic E-state index is 13.1. The predicted molar refractivity (Wildman–Crippen MR) is 105 cm³/mol. The number of ether oxygens (including phenoxy) is 1. The van der Waals surface area contributed by atoms with Crippen molar-refractivity contribution in [2.45, 2.75) is 25.4 Å². The SMILES string of the molecule is OC1CCN(CCCOc2ccc3c(ccn3-c3ccc(F)cc3)c2)CC1. The number of rotatable bonds is 6. The van der Waals surface area contributed by atoms with Crippen molar-refractivity contribution in [2.24, 2.45) is 0 Å². The number of benzene rings is 2. The molecule has 1 aromatic heterocycles. The number of aliphatic hydroxyl groups is 1. The van der Waals surface area contributed by atoms with Crippen molar-refractivity contribution in [3.8, 4) is 11.4 Å². The molecular formula is C22H25FN2O2. The zero-order valence-corrected chi connectivity index (χ0v) is 15.4. The number of hydrogen-bond donors (Lipinski definition) is 1. The zero-order valence-electron chi connectivity index (χ0n) is 15.4. The monoisotopic (exact) mass is 368 g/mol. The van der Waals surface area contributed by atoms with Crippen LogP contribution in [0.25, 0.3) is 16.6 Å². The van der Waals surface area contributed by atoms with Crippen LogP contribution in [0.15, 0.2) is 54.7 Å². The van der Waals surface area contributed by atoms with Gasteiger partial charge in [0.1, 0.15) is 11.6 Å². The molecule has 3 aromatic rings. The first-order valence-corrected chi connectivity index (χ1v) is 9.59. The van der Waals surface area contributed by atoms with Crippen LogP contribution in [0.2, 0.25) is 0 Å². The lowest BCUT2D eigenvalue weighted by Gasteiger charge is -2.29. The lowest BCUT2D eigenvalue weighted by molar-refractivity contribution is 0.0800. The van der Waals surface area contributed by atoms with Gasteiger partial charge in [0.15, 0.2) is 0 Å². The fourth-order valence-corrected chi connectivity index (χ4v) is 3.66. The van der Waals surface area contributed by atoms with Crippen molar-refractivity contribution < 1.29 is 14.2 Å². The van der Waals surface area contributed by atoms with Gasteiger partial charge in [-0.3, -0.25) is 0 Å². The minimum atomic E-state index is -0.230. The van der Waals surface area contributed by atoms with Gasteiger partial charge in [-0.1, -0.05) is 0 Å². The molecule has 2 aromatic carbocycles. The summed E-state index contributed by atoms with van der Waals surface area (Å²) in [5.41, 5.74) is 2.01. The molecule has 4 nitrogen and oxygen atoms in total. The standard InChI is InChI=1S/C22H25FN2O2/c23-18-2-4-19(5-3-18)25-14-8-17-16-21(6-7-22(17)25)27-15-1-11-24-12-9-20(26)10-13-24/h2-8,14,16,20,26H,1,9-13,15H2. The lowest BCUT2D eigenvalue weighted by Crippen LogP contribution is -2.36. The molecule has 0 spiro atoms. The van der Waals surface area contributed by atoms with Gasteiger partial charge >= 0.3 is 0 Å². The van der Waals surface area contributed by atoms with Crippen LogP contribution in [0.1, 0.15) is 19.3 Å². The third-order valence-corrected chi connectivity index (χ3v) is 5.21. The molecule has 4 rings (SSSR count). The second-order valence-corrected chi connectivity index (χ2v) is 7.16. The van der Waals surface area contributed by atoms with Crippen molar-refractivity contribution in [2.75, 3.05) is 26.2 Å². The summed E-state index contributed by atoms with van der Waals surface area (Å²) in [7, 11) is 0. The highest BCUT2D eigenvalue weighted by Crippen LogP contribution is 2.25. The lowest BCUT2D eigenvalue weighted by atomic mass is 10.1.